The molecule has 0 saturated heterocycles. The minimum absolute atomic E-state index is 0.401. The summed E-state index contributed by atoms with van der Waals surface area (Å²) in [5, 5.41) is 4.00. The van der Waals surface area contributed by atoms with Crippen LogP contribution in [0.4, 0.5) is 5.95 Å². The van der Waals surface area contributed by atoms with Gasteiger partial charge >= 0.3 is 0 Å². The second-order valence-electron chi connectivity index (χ2n) is 4.89. The standard InChI is InChI=1S/C15H18ClN3/c1-10(2)14-8-11(3)18-15(19-14)17-9-12-4-6-13(16)7-5-12/h4-8,10H,9H2,1-3H3,(H,17,18,19). The van der Waals surface area contributed by atoms with Crippen LogP contribution in [0.15, 0.2) is 30.3 Å². The minimum Gasteiger partial charge on any atom is -0.350 e. The van der Waals surface area contributed by atoms with E-state index in [9.17, 15) is 0 Å². The lowest BCUT2D eigenvalue weighted by molar-refractivity contribution is 0.808. The molecule has 4 heteroatoms. The zero-order chi connectivity index (χ0) is 13.8. The van der Waals surface area contributed by atoms with Gasteiger partial charge in [-0.1, -0.05) is 37.6 Å². The largest absolute Gasteiger partial charge is 0.350 e. The number of hydrogen-bond acceptors (Lipinski definition) is 3. The fourth-order valence-electron chi connectivity index (χ4n) is 1.75. The van der Waals surface area contributed by atoms with Crippen molar-refractivity contribution in [3.05, 3.63) is 52.3 Å². The maximum absolute atomic E-state index is 5.86. The quantitative estimate of drug-likeness (QED) is 0.910. The number of halogens is 1. The molecule has 2 rings (SSSR count). The normalized spacial score (nSPS) is 10.8. The molecule has 3 nitrogen and oxygen atoms in total. The molecule has 2 aromatic rings. The maximum atomic E-state index is 5.86. The van der Waals surface area contributed by atoms with Crippen molar-refractivity contribution in [1.29, 1.82) is 0 Å². The molecule has 0 unspecified atom stereocenters. The highest BCUT2D eigenvalue weighted by atomic mass is 35.5. The van der Waals surface area contributed by atoms with E-state index in [0.29, 0.717) is 18.4 Å². The van der Waals surface area contributed by atoms with Crippen molar-refractivity contribution >= 4 is 17.5 Å². The van der Waals surface area contributed by atoms with E-state index in [1.807, 2.05) is 37.3 Å². The van der Waals surface area contributed by atoms with Crippen molar-refractivity contribution in [2.45, 2.75) is 33.2 Å². The summed E-state index contributed by atoms with van der Waals surface area (Å²) in [5.74, 6) is 1.08. The summed E-state index contributed by atoms with van der Waals surface area (Å²) in [4.78, 5) is 8.92. The van der Waals surface area contributed by atoms with Crippen molar-refractivity contribution in [2.24, 2.45) is 0 Å². The number of aromatic nitrogens is 2. The van der Waals surface area contributed by atoms with E-state index < -0.39 is 0 Å². The van der Waals surface area contributed by atoms with Crippen LogP contribution in [0.5, 0.6) is 0 Å². The third-order valence-corrected chi connectivity index (χ3v) is 3.08. The van der Waals surface area contributed by atoms with Crippen molar-refractivity contribution < 1.29 is 0 Å². The Morgan fingerprint density at radius 2 is 1.84 bits per heavy atom. The van der Waals surface area contributed by atoms with Crippen LogP contribution in [0.3, 0.4) is 0 Å². The zero-order valence-corrected chi connectivity index (χ0v) is 12.2. The van der Waals surface area contributed by atoms with E-state index in [4.69, 9.17) is 11.6 Å². The van der Waals surface area contributed by atoms with Gasteiger partial charge in [-0.2, -0.15) is 0 Å². The van der Waals surface area contributed by atoms with Gasteiger partial charge in [0.1, 0.15) is 0 Å². The first-order valence-corrected chi connectivity index (χ1v) is 6.76. The molecule has 1 aromatic carbocycles. The number of hydrogen-bond donors (Lipinski definition) is 1. The van der Waals surface area contributed by atoms with Gasteiger partial charge in [-0.3, -0.25) is 0 Å². The van der Waals surface area contributed by atoms with E-state index in [-0.39, 0.29) is 0 Å². The molecule has 0 bridgehead atoms. The second-order valence-corrected chi connectivity index (χ2v) is 5.33. The number of anilines is 1. The molecule has 1 aromatic heterocycles. The molecule has 0 saturated carbocycles. The predicted octanol–water partition coefficient (Wildman–Crippen LogP) is 4.17. The van der Waals surface area contributed by atoms with Crippen LogP contribution in [-0.4, -0.2) is 9.97 Å². The summed E-state index contributed by atoms with van der Waals surface area (Å²) in [6, 6.07) is 9.78. The smallest absolute Gasteiger partial charge is 0.223 e. The van der Waals surface area contributed by atoms with Crippen molar-refractivity contribution in [3.63, 3.8) is 0 Å². The van der Waals surface area contributed by atoms with Crippen LogP contribution in [0.2, 0.25) is 5.02 Å². The second kappa shape index (κ2) is 6.02. The molecule has 0 radical (unpaired) electrons. The number of rotatable bonds is 4. The number of nitrogens with one attached hydrogen (secondary N) is 1. The Hall–Kier alpha value is -1.61. The Bertz CT molecular complexity index is 550. The van der Waals surface area contributed by atoms with E-state index >= 15 is 0 Å². The van der Waals surface area contributed by atoms with Crippen LogP contribution in [0.25, 0.3) is 0 Å². The summed E-state index contributed by atoms with van der Waals surface area (Å²) >= 11 is 5.86. The first kappa shape index (κ1) is 13.8. The third-order valence-electron chi connectivity index (χ3n) is 2.83. The topological polar surface area (TPSA) is 37.8 Å². The average Bonchev–Trinajstić information content (AvgIpc) is 2.37. The first-order valence-electron chi connectivity index (χ1n) is 6.38. The van der Waals surface area contributed by atoms with E-state index in [0.717, 1.165) is 22.0 Å². The molecule has 0 aliphatic rings. The molecular formula is C15H18ClN3. The van der Waals surface area contributed by atoms with Gasteiger partial charge in [-0.15, -0.1) is 0 Å². The Labute approximate surface area is 119 Å². The van der Waals surface area contributed by atoms with Crippen LogP contribution in [0, 0.1) is 6.92 Å². The lowest BCUT2D eigenvalue weighted by Crippen LogP contribution is -2.07. The van der Waals surface area contributed by atoms with Crippen LogP contribution < -0.4 is 5.32 Å². The van der Waals surface area contributed by atoms with Crippen LogP contribution in [0.1, 0.15) is 36.7 Å². The molecule has 0 spiro atoms. The van der Waals surface area contributed by atoms with Crippen molar-refractivity contribution in [3.8, 4) is 0 Å². The van der Waals surface area contributed by atoms with Gasteiger partial charge in [-0.05, 0) is 36.6 Å². The summed E-state index contributed by atoms with van der Waals surface area (Å²) in [7, 11) is 0. The summed E-state index contributed by atoms with van der Waals surface area (Å²) in [6.07, 6.45) is 0. The molecule has 100 valence electrons. The number of benzene rings is 1. The molecule has 0 aliphatic heterocycles. The van der Waals surface area contributed by atoms with Gasteiger partial charge in [0, 0.05) is 23.0 Å². The SMILES string of the molecule is Cc1cc(C(C)C)nc(NCc2ccc(Cl)cc2)n1. The third kappa shape index (κ3) is 3.93. The summed E-state index contributed by atoms with van der Waals surface area (Å²) in [6.45, 7) is 6.94. The summed E-state index contributed by atoms with van der Waals surface area (Å²) in [5.41, 5.74) is 3.20. The first-order chi connectivity index (χ1) is 9.04. The number of nitrogens with zero attached hydrogens (tertiary/aromatic N) is 2. The van der Waals surface area contributed by atoms with E-state index in [1.54, 1.807) is 0 Å². The maximum Gasteiger partial charge on any atom is 0.223 e. The predicted molar refractivity (Wildman–Crippen MR) is 79.6 cm³/mol. The number of aryl methyl sites for hydroxylation is 1. The monoisotopic (exact) mass is 275 g/mol. The van der Waals surface area contributed by atoms with Gasteiger partial charge < -0.3 is 5.32 Å². The Morgan fingerprint density at radius 3 is 2.47 bits per heavy atom. The van der Waals surface area contributed by atoms with Gasteiger partial charge in [0.05, 0.1) is 0 Å². The van der Waals surface area contributed by atoms with Crippen LogP contribution in [-0.2, 0) is 6.54 Å². The molecule has 0 fully saturated rings. The van der Waals surface area contributed by atoms with Gasteiger partial charge in [0.25, 0.3) is 0 Å². The molecule has 0 atom stereocenters. The molecule has 19 heavy (non-hydrogen) atoms. The van der Waals surface area contributed by atoms with Crippen LogP contribution >= 0.6 is 11.6 Å². The van der Waals surface area contributed by atoms with E-state index in [2.05, 4.69) is 29.1 Å². The zero-order valence-electron chi connectivity index (χ0n) is 11.4. The highest BCUT2D eigenvalue weighted by Gasteiger charge is 2.05. The Balaban J connectivity index is 2.08. The average molecular weight is 276 g/mol. The molecule has 1 heterocycles. The Morgan fingerprint density at radius 1 is 1.16 bits per heavy atom. The highest BCUT2D eigenvalue weighted by molar-refractivity contribution is 6.30. The summed E-state index contributed by atoms with van der Waals surface area (Å²) < 4.78 is 0. The van der Waals surface area contributed by atoms with Crippen molar-refractivity contribution in [1.82, 2.24) is 9.97 Å². The lowest BCUT2D eigenvalue weighted by Gasteiger charge is -2.10. The molecule has 0 aliphatic carbocycles. The fourth-order valence-corrected chi connectivity index (χ4v) is 1.88. The minimum atomic E-state index is 0.401. The van der Waals surface area contributed by atoms with Gasteiger partial charge in [0.15, 0.2) is 0 Å². The Kier molecular flexibility index (Phi) is 4.38. The molecule has 1 N–H and O–H groups in total. The highest BCUT2D eigenvalue weighted by Crippen LogP contribution is 2.15. The molecular weight excluding hydrogens is 258 g/mol. The molecule has 0 amide bonds. The van der Waals surface area contributed by atoms with Gasteiger partial charge in [0.2, 0.25) is 5.95 Å². The lowest BCUT2D eigenvalue weighted by atomic mass is 10.1. The van der Waals surface area contributed by atoms with E-state index in [1.165, 1.54) is 0 Å². The van der Waals surface area contributed by atoms with Gasteiger partial charge in [-0.25, -0.2) is 9.97 Å². The fraction of sp³-hybridized carbons (Fsp3) is 0.333. The van der Waals surface area contributed by atoms with Crippen molar-refractivity contribution in [2.75, 3.05) is 5.32 Å².